The average molecular weight is 322 g/mol. The molecule has 0 bridgehead atoms. The molecule has 1 aromatic carbocycles. The fourth-order valence-electron chi connectivity index (χ4n) is 1.83. The highest BCUT2D eigenvalue weighted by molar-refractivity contribution is 6.30. The number of anilines is 3. The summed E-state index contributed by atoms with van der Waals surface area (Å²) in [4.78, 5) is 18.8. The molecular formula is C14H16ClN5O2. The normalized spacial score (nSPS) is 10.3. The molecule has 1 aromatic heterocycles. The smallest absolute Gasteiger partial charge is 0.353 e. The Labute approximate surface area is 132 Å². The van der Waals surface area contributed by atoms with Crippen LogP contribution in [0.4, 0.5) is 23.0 Å². The van der Waals surface area contributed by atoms with Crippen LogP contribution in [0, 0.1) is 10.1 Å². The summed E-state index contributed by atoms with van der Waals surface area (Å²) in [6.45, 7) is 2.67. The third-order valence-corrected chi connectivity index (χ3v) is 3.19. The second-order valence-corrected chi connectivity index (χ2v) is 5.03. The highest BCUT2D eigenvalue weighted by Crippen LogP contribution is 2.31. The Kier molecular flexibility index (Phi) is 5.48. The van der Waals surface area contributed by atoms with E-state index in [4.69, 9.17) is 11.6 Å². The Morgan fingerprint density at radius 1 is 1.23 bits per heavy atom. The standard InChI is InChI=1S/C14H16ClN5O2/c1-2-3-8-16-13-12(20(21)22)14(18-9-17-13)19-11-6-4-10(15)5-7-11/h4-7,9H,2-3,8H2,1H3,(H2,16,17,18,19). The lowest BCUT2D eigenvalue weighted by Gasteiger charge is -2.09. The van der Waals surface area contributed by atoms with E-state index >= 15 is 0 Å². The van der Waals surface area contributed by atoms with Crippen molar-refractivity contribution in [1.82, 2.24) is 9.97 Å². The van der Waals surface area contributed by atoms with Gasteiger partial charge in [0, 0.05) is 17.3 Å². The Morgan fingerprint density at radius 2 is 1.91 bits per heavy atom. The van der Waals surface area contributed by atoms with Gasteiger partial charge in [0.25, 0.3) is 0 Å². The summed E-state index contributed by atoms with van der Waals surface area (Å²) in [5.74, 6) is 0.353. The molecule has 0 aliphatic rings. The summed E-state index contributed by atoms with van der Waals surface area (Å²) in [6, 6.07) is 6.82. The van der Waals surface area contributed by atoms with Gasteiger partial charge in [0.15, 0.2) is 0 Å². The van der Waals surface area contributed by atoms with Crippen LogP contribution in [0.2, 0.25) is 5.02 Å². The topological polar surface area (TPSA) is 93.0 Å². The molecule has 1 heterocycles. The average Bonchev–Trinajstić information content (AvgIpc) is 2.50. The first-order valence-corrected chi connectivity index (χ1v) is 7.25. The van der Waals surface area contributed by atoms with Gasteiger partial charge in [-0.1, -0.05) is 24.9 Å². The molecule has 2 rings (SSSR count). The monoisotopic (exact) mass is 321 g/mol. The molecule has 22 heavy (non-hydrogen) atoms. The molecule has 0 spiro atoms. The molecular weight excluding hydrogens is 306 g/mol. The second-order valence-electron chi connectivity index (χ2n) is 4.59. The van der Waals surface area contributed by atoms with Crippen LogP contribution in [0.1, 0.15) is 19.8 Å². The van der Waals surface area contributed by atoms with E-state index < -0.39 is 4.92 Å². The molecule has 116 valence electrons. The van der Waals surface area contributed by atoms with Crippen molar-refractivity contribution in [3.8, 4) is 0 Å². The highest BCUT2D eigenvalue weighted by atomic mass is 35.5. The predicted octanol–water partition coefficient (Wildman–Crippen LogP) is 3.99. The van der Waals surface area contributed by atoms with Crippen molar-refractivity contribution in [2.24, 2.45) is 0 Å². The maximum atomic E-state index is 11.3. The van der Waals surface area contributed by atoms with Crippen LogP contribution in [-0.4, -0.2) is 21.4 Å². The van der Waals surface area contributed by atoms with E-state index in [1.54, 1.807) is 24.3 Å². The number of halogens is 1. The van der Waals surface area contributed by atoms with E-state index in [0.29, 0.717) is 17.3 Å². The van der Waals surface area contributed by atoms with Crippen LogP contribution in [0.3, 0.4) is 0 Å². The molecule has 8 heteroatoms. The molecule has 2 aromatic rings. The third-order valence-electron chi connectivity index (χ3n) is 2.93. The Hall–Kier alpha value is -2.41. The second kappa shape index (κ2) is 7.56. The molecule has 2 N–H and O–H groups in total. The van der Waals surface area contributed by atoms with E-state index in [2.05, 4.69) is 20.6 Å². The molecule has 0 aliphatic heterocycles. The molecule has 0 saturated heterocycles. The van der Waals surface area contributed by atoms with Crippen LogP contribution in [-0.2, 0) is 0 Å². The van der Waals surface area contributed by atoms with Gasteiger partial charge < -0.3 is 10.6 Å². The zero-order valence-corrected chi connectivity index (χ0v) is 12.8. The van der Waals surface area contributed by atoms with Crippen molar-refractivity contribution < 1.29 is 4.92 Å². The van der Waals surface area contributed by atoms with Gasteiger partial charge in [0.05, 0.1) is 4.92 Å². The van der Waals surface area contributed by atoms with Gasteiger partial charge in [0.1, 0.15) is 6.33 Å². The first kappa shape index (κ1) is 16.0. The predicted molar refractivity (Wildman–Crippen MR) is 86.8 cm³/mol. The number of hydrogen-bond acceptors (Lipinski definition) is 6. The van der Waals surface area contributed by atoms with Crippen LogP contribution >= 0.6 is 11.6 Å². The van der Waals surface area contributed by atoms with Crippen LogP contribution in [0.15, 0.2) is 30.6 Å². The van der Waals surface area contributed by atoms with Crippen molar-refractivity contribution in [3.63, 3.8) is 0 Å². The highest BCUT2D eigenvalue weighted by Gasteiger charge is 2.22. The Bertz CT molecular complexity index is 648. The van der Waals surface area contributed by atoms with Crippen LogP contribution < -0.4 is 10.6 Å². The van der Waals surface area contributed by atoms with Gasteiger partial charge in [0.2, 0.25) is 11.6 Å². The maximum Gasteiger partial charge on any atom is 0.353 e. The largest absolute Gasteiger partial charge is 0.364 e. The van der Waals surface area contributed by atoms with Crippen molar-refractivity contribution in [1.29, 1.82) is 0 Å². The number of benzene rings is 1. The van der Waals surface area contributed by atoms with Crippen molar-refractivity contribution in [2.45, 2.75) is 19.8 Å². The van der Waals surface area contributed by atoms with Crippen LogP contribution in [0.5, 0.6) is 0 Å². The number of nitrogens with one attached hydrogen (secondary N) is 2. The molecule has 0 aliphatic carbocycles. The third kappa shape index (κ3) is 4.05. The maximum absolute atomic E-state index is 11.3. The van der Waals surface area contributed by atoms with Gasteiger partial charge in [-0.2, -0.15) is 0 Å². The summed E-state index contributed by atoms with van der Waals surface area (Å²) in [6.07, 6.45) is 3.18. The van der Waals surface area contributed by atoms with Crippen molar-refractivity contribution in [2.75, 3.05) is 17.2 Å². The first-order valence-electron chi connectivity index (χ1n) is 6.87. The number of hydrogen-bond donors (Lipinski definition) is 2. The number of nitrogens with zero attached hydrogens (tertiary/aromatic N) is 3. The number of nitro groups is 1. The van der Waals surface area contributed by atoms with Gasteiger partial charge >= 0.3 is 5.69 Å². The minimum Gasteiger partial charge on any atom is -0.364 e. The zero-order chi connectivity index (χ0) is 15.9. The summed E-state index contributed by atoms with van der Waals surface area (Å²) >= 11 is 5.82. The number of rotatable bonds is 7. The molecule has 7 nitrogen and oxygen atoms in total. The van der Waals surface area contributed by atoms with E-state index in [1.807, 2.05) is 6.92 Å². The molecule has 0 atom stereocenters. The number of aromatic nitrogens is 2. The minimum absolute atomic E-state index is 0.140. The molecule has 0 amide bonds. The van der Waals surface area contributed by atoms with Gasteiger partial charge in [-0.05, 0) is 30.7 Å². The lowest BCUT2D eigenvalue weighted by molar-refractivity contribution is -0.383. The van der Waals surface area contributed by atoms with Gasteiger partial charge in [-0.15, -0.1) is 0 Å². The van der Waals surface area contributed by atoms with Crippen molar-refractivity contribution in [3.05, 3.63) is 45.7 Å². The number of unbranched alkanes of at least 4 members (excludes halogenated alkanes) is 1. The molecule has 0 unspecified atom stereocenters. The van der Waals surface area contributed by atoms with Gasteiger partial charge in [-0.25, -0.2) is 9.97 Å². The van der Waals surface area contributed by atoms with Crippen LogP contribution in [0.25, 0.3) is 0 Å². The zero-order valence-electron chi connectivity index (χ0n) is 12.0. The summed E-state index contributed by atoms with van der Waals surface area (Å²) in [7, 11) is 0. The first-order chi connectivity index (χ1) is 10.6. The molecule has 0 radical (unpaired) electrons. The lowest BCUT2D eigenvalue weighted by atomic mass is 10.3. The lowest BCUT2D eigenvalue weighted by Crippen LogP contribution is -2.09. The molecule has 0 fully saturated rings. The minimum atomic E-state index is -0.494. The summed E-state index contributed by atoms with van der Waals surface area (Å²) < 4.78 is 0. The Balaban J connectivity index is 2.27. The van der Waals surface area contributed by atoms with E-state index in [9.17, 15) is 10.1 Å². The van der Waals surface area contributed by atoms with E-state index in [0.717, 1.165) is 12.8 Å². The summed E-state index contributed by atoms with van der Waals surface area (Å²) in [5, 5.41) is 17.8. The van der Waals surface area contributed by atoms with E-state index in [1.165, 1.54) is 6.33 Å². The van der Waals surface area contributed by atoms with Crippen molar-refractivity contribution >= 4 is 34.6 Å². The molecule has 0 saturated carbocycles. The summed E-state index contributed by atoms with van der Waals surface area (Å²) in [5.41, 5.74) is 0.485. The van der Waals surface area contributed by atoms with E-state index in [-0.39, 0.29) is 17.3 Å². The fraction of sp³-hybridized carbons (Fsp3) is 0.286. The Morgan fingerprint density at radius 3 is 2.55 bits per heavy atom. The fourth-order valence-corrected chi connectivity index (χ4v) is 1.95. The quantitative estimate of drug-likeness (QED) is 0.455. The van der Waals surface area contributed by atoms with Gasteiger partial charge in [-0.3, -0.25) is 10.1 Å². The SMILES string of the molecule is CCCCNc1ncnc(Nc2ccc(Cl)cc2)c1[N+](=O)[O-].